The molecule has 3 rings (SSSR count). The van der Waals surface area contributed by atoms with Gasteiger partial charge in [-0.15, -0.1) is 0 Å². The molecule has 3 nitrogen and oxygen atoms in total. The molecule has 1 saturated heterocycles. The van der Waals surface area contributed by atoms with Crippen LogP contribution in [0, 0.1) is 0 Å². The van der Waals surface area contributed by atoms with E-state index in [0.717, 1.165) is 18.8 Å². The van der Waals surface area contributed by atoms with E-state index in [1.54, 1.807) is 7.11 Å². The van der Waals surface area contributed by atoms with Gasteiger partial charge in [0.1, 0.15) is 5.75 Å². The maximum absolute atomic E-state index is 5.26. The van der Waals surface area contributed by atoms with Gasteiger partial charge < -0.3 is 15.0 Å². The molecule has 2 aromatic rings. The minimum Gasteiger partial charge on any atom is -0.497 e. The fraction of sp³-hybridized carbons (Fsp3) is 0.400. The van der Waals surface area contributed by atoms with Gasteiger partial charge in [-0.05, 0) is 54.7 Å². The highest BCUT2D eigenvalue weighted by atomic mass is 16.5. The standard InChI is InChI=1S/C20H26N2O/c1-23-20-7-5-6-18(14-20)16-21-15-17-8-10-19(11-9-17)22-12-3-2-4-13-22/h5-11,14,21H,2-4,12-13,15-16H2,1H3. The number of hydrogen-bond donors (Lipinski definition) is 1. The zero-order valence-corrected chi connectivity index (χ0v) is 13.9. The van der Waals surface area contributed by atoms with Gasteiger partial charge in [0, 0.05) is 31.9 Å². The van der Waals surface area contributed by atoms with Crippen molar-refractivity contribution in [2.75, 3.05) is 25.1 Å². The van der Waals surface area contributed by atoms with Gasteiger partial charge in [0.25, 0.3) is 0 Å². The highest BCUT2D eigenvalue weighted by molar-refractivity contribution is 5.47. The van der Waals surface area contributed by atoms with Gasteiger partial charge in [-0.3, -0.25) is 0 Å². The zero-order chi connectivity index (χ0) is 15.9. The summed E-state index contributed by atoms with van der Waals surface area (Å²) in [5, 5.41) is 3.50. The molecule has 2 aromatic carbocycles. The van der Waals surface area contributed by atoms with E-state index in [2.05, 4.69) is 46.6 Å². The molecule has 23 heavy (non-hydrogen) atoms. The Hall–Kier alpha value is -2.00. The van der Waals surface area contributed by atoms with E-state index in [0.29, 0.717) is 0 Å². The number of ether oxygens (including phenoxy) is 1. The van der Waals surface area contributed by atoms with Gasteiger partial charge >= 0.3 is 0 Å². The van der Waals surface area contributed by atoms with Crippen molar-refractivity contribution < 1.29 is 4.74 Å². The van der Waals surface area contributed by atoms with E-state index >= 15 is 0 Å². The van der Waals surface area contributed by atoms with Crippen LogP contribution < -0.4 is 15.0 Å². The second-order valence-corrected chi connectivity index (χ2v) is 6.17. The van der Waals surface area contributed by atoms with Crippen LogP contribution in [0.15, 0.2) is 48.5 Å². The largest absolute Gasteiger partial charge is 0.497 e. The maximum Gasteiger partial charge on any atom is 0.119 e. The molecule has 0 amide bonds. The predicted octanol–water partition coefficient (Wildman–Crippen LogP) is 3.98. The molecule has 1 aliphatic rings. The van der Waals surface area contributed by atoms with E-state index in [1.807, 2.05) is 12.1 Å². The molecule has 0 radical (unpaired) electrons. The Balaban J connectivity index is 1.50. The summed E-state index contributed by atoms with van der Waals surface area (Å²) in [7, 11) is 1.70. The molecule has 3 heteroatoms. The first-order valence-corrected chi connectivity index (χ1v) is 8.53. The average Bonchev–Trinajstić information content (AvgIpc) is 2.63. The quantitative estimate of drug-likeness (QED) is 0.873. The van der Waals surface area contributed by atoms with Gasteiger partial charge in [0.15, 0.2) is 0 Å². The summed E-state index contributed by atoms with van der Waals surface area (Å²) in [6.45, 7) is 4.14. The van der Waals surface area contributed by atoms with Crippen LogP contribution in [-0.2, 0) is 13.1 Å². The molecule has 0 bridgehead atoms. The van der Waals surface area contributed by atoms with Crippen molar-refractivity contribution in [1.82, 2.24) is 5.32 Å². The predicted molar refractivity (Wildman–Crippen MR) is 96.0 cm³/mol. The van der Waals surface area contributed by atoms with Crippen LogP contribution in [0.3, 0.4) is 0 Å². The number of nitrogens with zero attached hydrogens (tertiary/aromatic N) is 1. The lowest BCUT2D eigenvalue weighted by Crippen LogP contribution is -2.29. The SMILES string of the molecule is COc1cccc(CNCc2ccc(N3CCCCC3)cc2)c1. The van der Waals surface area contributed by atoms with Crippen LogP contribution in [-0.4, -0.2) is 20.2 Å². The van der Waals surface area contributed by atoms with Gasteiger partial charge in [-0.1, -0.05) is 24.3 Å². The summed E-state index contributed by atoms with van der Waals surface area (Å²) < 4.78 is 5.26. The minimum absolute atomic E-state index is 0.852. The number of methoxy groups -OCH3 is 1. The highest BCUT2D eigenvalue weighted by Gasteiger charge is 2.10. The summed E-state index contributed by atoms with van der Waals surface area (Å²) in [6, 6.07) is 17.2. The lowest BCUT2D eigenvalue weighted by Gasteiger charge is -2.28. The molecule has 1 aliphatic heterocycles. The Bertz CT molecular complexity index is 603. The van der Waals surface area contributed by atoms with Crippen molar-refractivity contribution in [2.45, 2.75) is 32.4 Å². The molecular weight excluding hydrogens is 284 g/mol. The van der Waals surface area contributed by atoms with Crippen molar-refractivity contribution >= 4 is 5.69 Å². The molecule has 0 unspecified atom stereocenters. The first-order valence-electron chi connectivity index (χ1n) is 8.53. The topological polar surface area (TPSA) is 24.5 Å². The molecule has 0 saturated carbocycles. The fourth-order valence-corrected chi connectivity index (χ4v) is 3.11. The molecule has 1 N–H and O–H groups in total. The van der Waals surface area contributed by atoms with E-state index in [4.69, 9.17) is 4.74 Å². The molecule has 0 aromatic heterocycles. The highest BCUT2D eigenvalue weighted by Crippen LogP contribution is 2.20. The number of hydrogen-bond acceptors (Lipinski definition) is 3. The van der Waals surface area contributed by atoms with Crippen molar-refractivity contribution in [3.05, 3.63) is 59.7 Å². The summed E-state index contributed by atoms with van der Waals surface area (Å²) in [5.41, 5.74) is 3.93. The molecule has 1 fully saturated rings. The van der Waals surface area contributed by atoms with Gasteiger partial charge in [-0.25, -0.2) is 0 Å². The molecule has 1 heterocycles. The summed E-state index contributed by atoms with van der Waals surface area (Å²) in [5.74, 6) is 0.912. The van der Waals surface area contributed by atoms with Crippen LogP contribution in [0.4, 0.5) is 5.69 Å². The second-order valence-electron chi connectivity index (χ2n) is 6.17. The maximum atomic E-state index is 5.26. The average molecular weight is 310 g/mol. The van der Waals surface area contributed by atoms with E-state index in [1.165, 1.54) is 49.2 Å². The van der Waals surface area contributed by atoms with Gasteiger partial charge in [-0.2, -0.15) is 0 Å². The summed E-state index contributed by atoms with van der Waals surface area (Å²) in [4.78, 5) is 2.50. The number of nitrogens with one attached hydrogen (secondary N) is 1. The Morgan fingerprint density at radius 3 is 2.39 bits per heavy atom. The minimum atomic E-state index is 0.852. The first-order chi connectivity index (χ1) is 11.3. The van der Waals surface area contributed by atoms with Crippen LogP contribution in [0.1, 0.15) is 30.4 Å². The molecule has 0 atom stereocenters. The Morgan fingerprint density at radius 2 is 1.65 bits per heavy atom. The zero-order valence-electron chi connectivity index (χ0n) is 13.9. The van der Waals surface area contributed by atoms with Crippen LogP contribution in [0.2, 0.25) is 0 Å². The summed E-state index contributed by atoms with van der Waals surface area (Å²) in [6.07, 6.45) is 4.02. The smallest absolute Gasteiger partial charge is 0.119 e. The van der Waals surface area contributed by atoms with Crippen LogP contribution >= 0.6 is 0 Å². The summed E-state index contributed by atoms with van der Waals surface area (Å²) >= 11 is 0. The van der Waals surface area contributed by atoms with Crippen molar-refractivity contribution in [3.63, 3.8) is 0 Å². The third-order valence-corrected chi connectivity index (χ3v) is 4.45. The number of anilines is 1. The Kier molecular flexibility index (Phi) is 5.54. The first kappa shape index (κ1) is 15.9. The van der Waals surface area contributed by atoms with E-state index < -0.39 is 0 Å². The second kappa shape index (κ2) is 8.02. The van der Waals surface area contributed by atoms with Crippen LogP contribution in [0.5, 0.6) is 5.75 Å². The van der Waals surface area contributed by atoms with E-state index in [-0.39, 0.29) is 0 Å². The van der Waals surface area contributed by atoms with E-state index in [9.17, 15) is 0 Å². The molecular formula is C20H26N2O. The van der Waals surface area contributed by atoms with Crippen LogP contribution in [0.25, 0.3) is 0 Å². The molecule has 0 aliphatic carbocycles. The Morgan fingerprint density at radius 1 is 0.913 bits per heavy atom. The normalized spacial score (nSPS) is 14.7. The lowest BCUT2D eigenvalue weighted by molar-refractivity contribution is 0.414. The monoisotopic (exact) mass is 310 g/mol. The van der Waals surface area contributed by atoms with Crippen molar-refractivity contribution in [2.24, 2.45) is 0 Å². The Labute approximate surface area is 139 Å². The molecule has 122 valence electrons. The number of rotatable bonds is 6. The molecule has 0 spiro atoms. The third kappa shape index (κ3) is 4.49. The van der Waals surface area contributed by atoms with Crippen molar-refractivity contribution in [1.29, 1.82) is 0 Å². The van der Waals surface area contributed by atoms with Gasteiger partial charge in [0.05, 0.1) is 7.11 Å². The van der Waals surface area contributed by atoms with Gasteiger partial charge in [0.2, 0.25) is 0 Å². The number of piperidine rings is 1. The fourth-order valence-electron chi connectivity index (χ4n) is 3.11. The lowest BCUT2D eigenvalue weighted by atomic mass is 10.1. The number of benzene rings is 2. The third-order valence-electron chi connectivity index (χ3n) is 4.45. The van der Waals surface area contributed by atoms with Crippen molar-refractivity contribution in [3.8, 4) is 5.75 Å².